The van der Waals surface area contributed by atoms with Gasteiger partial charge in [-0.3, -0.25) is 10.0 Å². The number of nitrogens with zero attached hydrogens (tertiary/aromatic N) is 1. The highest BCUT2D eigenvalue weighted by Gasteiger charge is 2.39. The highest BCUT2D eigenvalue weighted by Crippen LogP contribution is 2.40. The van der Waals surface area contributed by atoms with Crippen molar-refractivity contribution in [1.29, 1.82) is 0 Å². The van der Waals surface area contributed by atoms with Gasteiger partial charge in [0.15, 0.2) is 0 Å². The summed E-state index contributed by atoms with van der Waals surface area (Å²) in [5.41, 5.74) is 1.41. The van der Waals surface area contributed by atoms with Crippen LogP contribution in [-0.4, -0.2) is 48.1 Å². The quantitative estimate of drug-likeness (QED) is 0.405. The van der Waals surface area contributed by atoms with Crippen molar-refractivity contribution in [2.24, 2.45) is 0 Å². The van der Waals surface area contributed by atoms with Crippen molar-refractivity contribution < 1.29 is 24.3 Å². The van der Waals surface area contributed by atoms with Crippen LogP contribution >= 0.6 is 0 Å². The number of methoxy groups -OCH3 is 1. The summed E-state index contributed by atoms with van der Waals surface area (Å²) in [4.78, 5) is 25.5. The monoisotopic (exact) mass is 480 g/mol. The van der Waals surface area contributed by atoms with Gasteiger partial charge < -0.3 is 14.8 Å². The summed E-state index contributed by atoms with van der Waals surface area (Å²) < 4.78 is 11.0. The molecule has 0 saturated heterocycles. The van der Waals surface area contributed by atoms with Crippen molar-refractivity contribution in [2.75, 3.05) is 13.7 Å². The number of amides is 2. The molecule has 7 heteroatoms. The molecule has 7 nitrogen and oxygen atoms in total. The van der Waals surface area contributed by atoms with Crippen molar-refractivity contribution in [1.82, 2.24) is 10.4 Å². The first-order chi connectivity index (χ1) is 17.0. The Morgan fingerprint density at radius 3 is 2.31 bits per heavy atom. The minimum absolute atomic E-state index is 0.145. The maximum absolute atomic E-state index is 13.0. The Morgan fingerprint density at radius 1 is 0.971 bits per heavy atom. The van der Waals surface area contributed by atoms with Crippen LogP contribution in [0.3, 0.4) is 0 Å². The van der Waals surface area contributed by atoms with Crippen LogP contribution in [0.1, 0.15) is 73.7 Å². The zero-order valence-corrected chi connectivity index (χ0v) is 20.4. The van der Waals surface area contributed by atoms with Gasteiger partial charge in [-0.2, -0.15) is 5.06 Å². The first-order valence-electron chi connectivity index (χ1n) is 12.7. The van der Waals surface area contributed by atoms with Crippen LogP contribution in [0.15, 0.2) is 54.6 Å². The third-order valence-corrected chi connectivity index (χ3v) is 7.59. The van der Waals surface area contributed by atoms with Crippen LogP contribution in [0, 0.1) is 0 Å². The van der Waals surface area contributed by atoms with Crippen LogP contribution in [-0.2, 0) is 10.2 Å². The molecule has 2 aliphatic carbocycles. The van der Waals surface area contributed by atoms with E-state index in [1.54, 1.807) is 19.2 Å². The van der Waals surface area contributed by atoms with Gasteiger partial charge in [0.1, 0.15) is 11.9 Å². The number of benzene rings is 2. The van der Waals surface area contributed by atoms with E-state index in [9.17, 15) is 14.8 Å². The molecule has 0 bridgehead atoms. The van der Waals surface area contributed by atoms with Gasteiger partial charge in [-0.15, -0.1) is 0 Å². The number of para-hydroxylation sites is 1. The maximum Gasteiger partial charge on any atom is 0.434 e. The Kier molecular flexibility index (Phi) is 8.29. The fourth-order valence-corrected chi connectivity index (χ4v) is 5.47. The van der Waals surface area contributed by atoms with E-state index in [-0.39, 0.29) is 23.5 Å². The molecule has 2 saturated carbocycles. The number of carbonyl (C=O) groups is 2. The molecule has 188 valence electrons. The number of hydrogen-bond acceptors (Lipinski definition) is 5. The Morgan fingerprint density at radius 2 is 1.63 bits per heavy atom. The van der Waals surface area contributed by atoms with E-state index >= 15 is 0 Å². The first-order valence-corrected chi connectivity index (χ1v) is 12.7. The minimum atomic E-state index is -0.640. The predicted octanol–water partition coefficient (Wildman–Crippen LogP) is 5.47. The molecule has 35 heavy (non-hydrogen) atoms. The number of ether oxygens (including phenoxy) is 2. The summed E-state index contributed by atoms with van der Waals surface area (Å²) >= 11 is 0. The van der Waals surface area contributed by atoms with Crippen molar-refractivity contribution in [3.05, 3.63) is 65.7 Å². The van der Waals surface area contributed by atoms with Crippen molar-refractivity contribution in [2.45, 2.75) is 75.3 Å². The molecule has 2 aromatic rings. The second-order valence-electron chi connectivity index (χ2n) is 9.75. The SMILES string of the molecule is COc1ccccc1C(=O)NCC1(c2ccccc2)CCC(OC(=O)N(O)C2CCCCC2)CC1. The fourth-order valence-electron chi connectivity index (χ4n) is 5.47. The second-order valence-corrected chi connectivity index (χ2v) is 9.75. The van der Waals surface area contributed by atoms with Gasteiger partial charge >= 0.3 is 6.09 Å². The molecule has 2 fully saturated rings. The van der Waals surface area contributed by atoms with Crippen LogP contribution in [0.4, 0.5) is 4.79 Å². The van der Waals surface area contributed by atoms with Crippen molar-refractivity contribution >= 4 is 12.0 Å². The van der Waals surface area contributed by atoms with E-state index in [1.165, 1.54) is 0 Å². The van der Waals surface area contributed by atoms with Crippen LogP contribution in [0.2, 0.25) is 0 Å². The topological polar surface area (TPSA) is 88.1 Å². The smallest absolute Gasteiger partial charge is 0.434 e. The molecule has 2 N–H and O–H groups in total. The predicted molar refractivity (Wildman–Crippen MR) is 133 cm³/mol. The summed E-state index contributed by atoms with van der Waals surface area (Å²) in [6, 6.07) is 17.3. The highest BCUT2D eigenvalue weighted by atomic mass is 16.6. The molecule has 2 amide bonds. The molecular formula is C28H36N2O5. The lowest BCUT2D eigenvalue weighted by atomic mass is 9.68. The molecule has 0 atom stereocenters. The molecule has 2 aliphatic rings. The zero-order valence-electron chi connectivity index (χ0n) is 20.4. The lowest BCUT2D eigenvalue weighted by Crippen LogP contribution is -2.46. The average Bonchev–Trinajstić information content (AvgIpc) is 2.93. The summed E-state index contributed by atoms with van der Waals surface area (Å²) in [6.07, 6.45) is 6.81. The van der Waals surface area contributed by atoms with Gasteiger partial charge in [-0.1, -0.05) is 61.7 Å². The molecule has 0 aliphatic heterocycles. The largest absolute Gasteiger partial charge is 0.496 e. The number of hydroxylamine groups is 2. The van der Waals surface area contributed by atoms with E-state index < -0.39 is 6.09 Å². The molecule has 0 spiro atoms. The molecule has 0 radical (unpaired) electrons. The standard InChI is InChI=1S/C28H36N2O5/c1-34-25-15-9-8-14-24(25)26(31)29-20-28(21-10-4-2-5-11-21)18-16-23(17-19-28)35-27(32)30(33)22-12-6-3-7-13-22/h2,4-5,8-11,14-15,22-23,33H,3,6-7,12-13,16-20H2,1H3,(H,29,31). The first kappa shape index (κ1) is 25.0. The van der Waals surface area contributed by atoms with Crippen LogP contribution in [0.25, 0.3) is 0 Å². The highest BCUT2D eigenvalue weighted by molar-refractivity contribution is 5.97. The van der Waals surface area contributed by atoms with Gasteiger partial charge in [0.25, 0.3) is 5.91 Å². The van der Waals surface area contributed by atoms with E-state index in [0.717, 1.165) is 55.6 Å². The van der Waals surface area contributed by atoms with E-state index in [4.69, 9.17) is 9.47 Å². The average molecular weight is 481 g/mol. The van der Waals surface area contributed by atoms with Gasteiger partial charge in [0.05, 0.1) is 18.7 Å². The Hall–Kier alpha value is -3.06. The van der Waals surface area contributed by atoms with Gasteiger partial charge in [0.2, 0.25) is 0 Å². The summed E-state index contributed by atoms with van der Waals surface area (Å²) in [5, 5.41) is 14.3. The number of nitrogens with one attached hydrogen (secondary N) is 1. The number of rotatable bonds is 7. The van der Waals surface area contributed by atoms with Crippen LogP contribution in [0.5, 0.6) is 5.75 Å². The Labute approximate surface area is 207 Å². The number of hydrogen-bond donors (Lipinski definition) is 2. The summed E-state index contributed by atoms with van der Waals surface area (Å²) in [7, 11) is 1.56. The van der Waals surface area contributed by atoms with Gasteiger partial charge in [-0.25, -0.2) is 4.79 Å². The van der Waals surface area contributed by atoms with Crippen molar-refractivity contribution in [3.63, 3.8) is 0 Å². The molecule has 0 aromatic heterocycles. The molecular weight excluding hydrogens is 444 g/mol. The molecule has 0 unspecified atom stereocenters. The summed E-state index contributed by atoms with van der Waals surface area (Å²) in [5.74, 6) is 0.371. The Balaban J connectivity index is 1.40. The third kappa shape index (κ3) is 5.96. The van der Waals surface area contributed by atoms with Gasteiger partial charge in [0, 0.05) is 12.0 Å². The van der Waals surface area contributed by atoms with E-state index in [1.807, 2.05) is 30.3 Å². The van der Waals surface area contributed by atoms with Crippen molar-refractivity contribution in [3.8, 4) is 5.75 Å². The fraction of sp³-hybridized carbons (Fsp3) is 0.500. The third-order valence-electron chi connectivity index (χ3n) is 7.59. The summed E-state index contributed by atoms with van der Waals surface area (Å²) in [6.45, 7) is 0.475. The van der Waals surface area contributed by atoms with E-state index in [2.05, 4.69) is 17.4 Å². The lowest BCUT2D eigenvalue weighted by Gasteiger charge is -2.41. The maximum atomic E-state index is 13.0. The number of carbonyl (C=O) groups excluding carboxylic acids is 2. The van der Waals surface area contributed by atoms with Crippen LogP contribution < -0.4 is 10.1 Å². The molecule has 0 heterocycles. The normalized spacial score (nSPS) is 22.7. The zero-order chi connectivity index (χ0) is 24.7. The van der Waals surface area contributed by atoms with E-state index in [0.29, 0.717) is 30.7 Å². The van der Waals surface area contributed by atoms with Gasteiger partial charge in [-0.05, 0) is 56.2 Å². The second kappa shape index (κ2) is 11.6. The Bertz CT molecular complexity index is 982. The lowest BCUT2D eigenvalue weighted by molar-refractivity contribution is -0.121. The molecule has 2 aromatic carbocycles. The minimum Gasteiger partial charge on any atom is -0.496 e. The molecule has 4 rings (SSSR count).